The smallest absolute Gasteiger partial charge is 0.335 e. The summed E-state index contributed by atoms with van der Waals surface area (Å²) in [5, 5.41) is 75.4. The summed E-state index contributed by atoms with van der Waals surface area (Å²) in [6, 6.07) is 0. The van der Waals surface area contributed by atoms with E-state index in [1.807, 2.05) is 0 Å². The predicted molar refractivity (Wildman–Crippen MR) is 85.2 cm³/mol. The van der Waals surface area contributed by atoms with E-state index in [0.29, 0.717) is 0 Å². The molecule has 0 amide bonds. The first-order chi connectivity index (χ1) is 12.6. The zero-order valence-corrected chi connectivity index (χ0v) is 14.7. The van der Waals surface area contributed by atoms with Gasteiger partial charge >= 0.3 is 5.97 Å². The van der Waals surface area contributed by atoms with E-state index in [1.54, 1.807) is 0 Å². The van der Waals surface area contributed by atoms with Crippen molar-refractivity contribution in [3.05, 3.63) is 0 Å². The molecule has 1 aliphatic rings. The fraction of sp³-hybridized carbons (Fsp3) is 0.933. The number of ether oxygens (including phenoxy) is 3. The van der Waals surface area contributed by atoms with Crippen molar-refractivity contribution in [1.82, 2.24) is 0 Å². The molecule has 12 heteroatoms. The zero-order valence-electron chi connectivity index (χ0n) is 14.7. The van der Waals surface area contributed by atoms with Crippen LogP contribution in [0.4, 0.5) is 0 Å². The lowest BCUT2D eigenvalue weighted by atomic mass is 10.0. The van der Waals surface area contributed by atoms with E-state index in [2.05, 4.69) is 0 Å². The Bertz CT molecular complexity index is 449. The van der Waals surface area contributed by atoms with Crippen LogP contribution in [0.1, 0.15) is 6.92 Å². The minimum Gasteiger partial charge on any atom is -0.461 e. The number of carbonyl (C=O) groups excluding carboxylic acids is 1. The third-order valence-corrected chi connectivity index (χ3v) is 4.14. The average molecular weight is 400 g/mol. The SMILES string of the molecule is CC(OC[C@@H](O)C1OC[C@@H](O)[C@@H]1O)C(=O)OC[C@@H](O)[C@@H](O)[C@H](O)[C@@H](O)CO. The monoisotopic (exact) mass is 400 g/mol. The first-order valence-corrected chi connectivity index (χ1v) is 8.37. The number of hydrogen-bond acceptors (Lipinski definition) is 12. The van der Waals surface area contributed by atoms with E-state index < -0.39 is 80.7 Å². The van der Waals surface area contributed by atoms with Crippen molar-refractivity contribution >= 4 is 5.97 Å². The maximum atomic E-state index is 11.8. The van der Waals surface area contributed by atoms with Crippen molar-refractivity contribution in [2.75, 3.05) is 26.4 Å². The van der Waals surface area contributed by atoms with E-state index in [9.17, 15) is 40.5 Å². The van der Waals surface area contributed by atoms with Gasteiger partial charge in [0.1, 0.15) is 55.4 Å². The predicted octanol–water partition coefficient (Wildman–Crippen LogP) is -5.15. The van der Waals surface area contributed by atoms with Crippen molar-refractivity contribution in [2.45, 2.75) is 61.9 Å². The highest BCUT2D eigenvalue weighted by molar-refractivity contribution is 5.74. The molecule has 0 aliphatic carbocycles. The third-order valence-electron chi connectivity index (χ3n) is 4.14. The van der Waals surface area contributed by atoms with Crippen molar-refractivity contribution in [1.29, 1.82) is 0 Å². The van der Waals surface area contributed by atoms with Crippen molar-refractivity contribution < 1.29 is 59.9 Å². The van der Waals surface area contributed by atoms with Gasteiger partial charge in [0, 0.05) is 0 Å². The summed E-state index contributed by atoms with van der Waals surface area (Å²) in [5.74, 6) is -0.946. The van der Waals surface area contributed by atoms with Crippen LogP contribution in [0.2, 0.25) is 0 Å². The molecule has 9 atom stereocenters. The standard InChI is InChI=1S/C15H28O12/c1-6(25-5-10(20)14-13(23)9(19)3-26-14)15(24)27-4-8(18)12(22)11(21)7(17)2-16/h6-14,16-23H,2-5H2,1H3/t6?,7-,8+,9+,10+,11+,12+,13-,14?/m0/s1. The van der Waals surface area contributed by atoms with Gasteiger partial charge in [-0.25, -0.2) is 4.79 Å². The van der Waals surface area contributed by atoms with Crippen LogP contribution in [0.15, 0.2) is 0 Å². The Morgan fingerprint density at radius 3 is 2.19 bits per heavy atom. The fourth-order valence-electron chi connectivity index (χ4n) is 2.32. The molecule has 2 unspecified atom stereocenters. The Morgan fingerprint density at radius 1 is 1.07 bits per heavy atom. The third kappa shape index (κ3) is 6.87. The minimum atomic E-state index is -1.87. The van der Waals surface area contributed by atoms with E-state index in [-0.39, 0.29) is 6.61 Å². The molecule has 1 fully saturated rings. The maximum absolute atomic E-state index is 11.8. The van der Waals surface area contributed by atoms with Crippen molar-refractivity contribution in [3.8, 4) is 0 Å². The first kappa shape index (κ1) is 24.1. The normalized spacial score (nSPS) is 29.6. The largest absolute Gasteiger partial charge is 0.461 e. The maximum Gasteiger partial charge on any atom is 0.335 e. The summed E-state index contributed by atoms with van der Waals surface area (Å²) in [4.78, 5) is 11.8. The molecule has 0 spiro atoms. The Hall–Kier alpha value is -0.930. The number of aliphatic hydroxyl groups is 8. The van der Waals surface area contributed by atoms with E-state index in [0.717, 1.165) is 0 Å². The molecular formula is C15H28O12. The molecule has 1 saturated heterocycles. The molecule has 0 aromatic carbocycles. The van der Waals surface area contributed by atoms with E-state index in [1.165, 1.54) is 6.92 Å². The Labute approximate surface area is 155 Å². The van der Waals surface area contributed by atoms with Crippen LogP contribution in [0.5, 0.6) is 0 Å². The fourth-order valence-corrected chi connectivity index (χ4v) is 2.32. The van der Waals surface area contributed by atoms with Crippen LogP contribution in [0, 0.1) is 0 Å². The van der Waals surface area contributed by atoms with Crippen LogP contribution >= 0.6 is 0 Å². The molecule has 1 rings (SSSR count). The van der Waals surface area contributed by atoms with Gasteiger partial charge in [-0.15, -0.1) is 0 Å². The summed E-state index contributed by atoms with van der Waals surface area (Å²) in [6.45, 7) is -0.811. The molecule has 0 saturated carbocycles. The summed E-state index contributed by atoms with van der Waals surface area (Å²) in [7, 11) is 0. The second-order valence-corrected chi connectivity index (χ2v) is 6.33. The lowest BCUT2D eigenvalue weighted by molar-refractivity contribution is -0.169. The van der Waals surface area contributed by atoms with Gasteiger partial charge < -0.3 is 55.1 Å². The van der Waals surface area contributed by atoms with Crippen molar-refractivity contribution in [2.24, 2.45) is 0 Å². The number of hydrogen-bond donors (Lipinski definition) is 8. The van der Waals surface area contributed by atoms with Gasteiger partial charge in [0.25, 0.3) is 0 Å². The number of esters is 1. The molecule has 0 aromatic rings. The van der Waals surface area contributed by atoms with Gasteiger partial charge in [0.15, 0.2) is 6.10 Å². The van der Waals surface area contributed by atoms with Crippen LogP contribution in [0.3, 0.4) is 0 Å². The quantitative estimate of drug-likeness (QED) is 0.153. The minimum absolute atomic E-state index is 0.141. The topological polar surface area (TPSA) is 207 Å². The summed E-state index contributed by atoms with van der Waals surface area (Å²) >= 11 is 0. The molecule has 160 valence electrons. The van der Waals surface area contributed by atoms with Gasteiger partial charge in [-0.05, 0) is 6.92 Å². The lowest BCUT2D eigenvalue weighted by Crippen LogP contribution is -2.47. The summed E-state index contributed by atoms with van der Waals surface area (Å²) in [5.41, 5.74) is 0. The Kier molecular flexibility index (Phi) is 9.97. The molecule has 1 heterocycles. The molecule has 0 radical (unpaired) electrons. The van der Waals surface area contributed by atoms with Crippen LogP contribution in [-0.2, 0) is 19.0 Å². The highest BCUT2D eigenvalue weighted by Gasteiger charge is 2.39. The molecular weight excluding hydrogens is 372 g/mol. The second kappa shape index (κ2) is 11.2. The van der Waals surface area contributed by atoms with Crippen LogP contribution < -0.4 is 0 Å². The van der Waals surface area contributed by atoms with Gasteiger partial charge in [-0.2, -0.15) is 0 Å². The second-order valence-electron chi connectivity index (χ2n) is 6.33. The summed E-state index contributed by atoms with van der Waals surface area (Å²) in [6.07, 6.45) is -13.1. The van der Waals surface area contributed by atoms with Gasteiger partial charge in [-0.1, -0.05) is 0 Å². The highest BCUT2D eigenvalue weighted by atomic mass is 16.6. The lowest BCUT2D eigenvalue weighted by Gasteiger charge is -2.26. The van der Waals surface area contributed by atoms with E-state index in [4.69, 9.17) is 19.3 Å². The van der Waals surface area contributed by atoms with Crippen LogP contribution in [-0.4, -0.2) is 128 Å². The van der Waals surface area contributed by atoms with Gasteiger partial charge in [0.05, 0.1) is 19.8 Å². The molecule has 27 heavy (non-hydrogen) atoms. The molecule has 1 aliphatic heterocycles. The zero-order chi connectivity index (χ0) is 20.7. The van der Waals surface area contributed by atoms with Crippen LogP contribution in [0.25, 0.3) is 0 Å². The molecule has 12 nitrogen and oxygen atoms in total. The Balaban J connectivity index is 2.35. The summed E-state index contributed by atoms with van der Waals surface area (Å²) < 4.78 is 14.8. The number of aliphatic hydroxyl groups excluding tert-OH is 8. The van der Waals surface area contributed by atoms with Gasteiger partial charge in [0.2, 0.25) is 0 Å². The van der Waals surface area contributed by atoms with Crippen molar-refractivity contribution in [3.63, 3.8) is 0 Å². The van der Waals surface area contributed by atoms with Gasteiger partial charge in [-0.3, -0.25) is 0 Å². The molecule has 0 aromatic heterocycles. The Morgan fingerprint density at radius 2 is 1.67 bits per heavy atom. The number of carbonyl (C=O) groups is 1. The van der Waals surface area contributed by atoms with E-state index >= 15 is 0 Å². The average Bonchev–Trinajstić information content (AvgIpc) is 3.00. The first-order valence-electron chi connectivity index (χ1n) is 8.37. The number of rotatable bonds is 11. The molecule has 8 N–H and O–H groups in total. The highest BCUT2D eigenvalue weighted by Crippen LogP contribution is 2.18. The molecule has 0 bridgehead atoms.